The van der Waals surface area contributed by atoms with E-state index in [0.29, 0.717) is 11.4 Å². The molecule has 0 fully saturated rings. The van der Waals surface area contributed by atoms with Gasteiger partial charge in [-0.3, -0.25) is 0 Å². The summed E-state index contributed by atoms with van der Waals surface area (Å²) in [5.74, 6) is 0. The summed E-state index contributed by atoms with van der Waals surface area (Å²) in [5, 5.41) is 6.54. The molecule has 120 valence electrons. The zero-order chi connectivity index (χ0) is 16.4. The largest absolute Gasteiger partial charge is 0.316 e. The number of rotatable bonds is 5. The number of nitrogens with zero attached hydrogens (tertiary/aromatic N) is 1. The Morgan fingerprint density at radius 1 is 1.17 bits per heavy atom. The van der Waals surface area contributed by atoms with Gasteiger partial charge in [0.2, 0.25) is 0 Å². The third-order valence-corrected chi connectivity index (χ3v) is 6.28. The first-order valence-corrected chi connectivity index (χ1v) is 9.62. The maximum absolute atomic E-state index is 13.0. The Morgan fingerprint density at radius 2 is 1.91 bits per heavy atom. The lowest BCUT2D eigenvalue weighted by Gasteiger charge is -2.10. The van der Waals surface area contributed by atoms with Gasteiger partial charge in [-0.05, 0) is 42.1 Å². The van der Waals surface area contributed by atoms with Crippen LogP contribution in [0.3, 0.4) is 0 Å². The van der Waals surface area contributed by atoms with E-state index in [1.165, 1.54) is 15.3 Å². The monoisotopic (exact) mass is 346 g/mol. The third kappa shape index (κ3) is 2.85. The van der Waals surface area contributed by atoms with Crippen molar-refractivity contribution in [1.82, 2.24) is 9.29 Å². The number of nitrogens with one attached hydrogen (secondary N) is 1. The van der Waals surface area contributed by atoms with Crippen molar-refractivity contribution in [1.29, 1.82) is 0 Å². The first kappa shape index (κ1) is 16.0. The lowest BCUT2D eigenvalue weighted by Crippen LogP contribution is -2.12. The Kier molecular flexibility index (Phi) is 4.39. The van der Waals surface area contributed by atoms with Gasteiger partial charge in [0.15, 0.2) is 0 Å². The molecule has 0 spiro atoms. The normalized spacial score (nSPS) is 11.7. The molecule has 4 nitrogen and oxygen atoms in total. The predicted octanol–water partition coefficient (Wildman–Crippen LogP) is 3.48. The molecule has 2 aromatic heterocycles. The summed E-state index contributed by atoms with van der Waals surface area (Å²) in [6.45, 7) is 2.59. The fourth-order valence-electron chi connectivity index (χ4n) is 2.63. The van der Waals surface area contributed by atoms with Gasteiger partial charge >= 0.3 is 0 Å². The summed E-state index contributed by atoms with van der Waals surface area (Å²) in [6.07, 6.45) is 1.72. The molecule has 1 aromatic carbocycles. The Morgan fingerprint density at radius 3 is 2.52 bits per heavy atom. The number of thiophene rings is 1. The van der Waals surface area contributed by atoms with Gasteiger partial charge in [0.1, 0.15) is 0 Å². The van der Waals surface area contributed by atoms with Crippen LogP contribution in [0.1, 0.15) is 11.1 Å². The van der Waals surface area contributed by atoms with Crippen molar-refractivity contribution >= 4 is 21.4 Å². The molecule has 0 radical (unpaired) electrons. The molecule has 0 aliphatic carbocycles. The number of benzene rings is 1. The SMILES string of the molecule is CNCc1cn(S(=O)(=O)c2ccsc2)c(-c2ccccc2)c1C. The topological polar surface area (TPSA) is 51.1 Å². The standard InChI is InChI=1S/C17H18N2O2S2/c1-13-15(10-18-2)11-19(17(13)14-6-4-3-5-7-14)23(20,21)16-8-9-22-12-16/h3-9,11-12,18H,10H2,1-2H3. The first-order valence-electron chi connectivity index (χ1n) is 7.24. The molecule has 0 saturated carbocycles. The third-order valence-electron chi connectivity index (χ3n) is 3.80. The molecule has 23 heavy (non-hydrogen) atoms. The van der Waals surface area contributed by atoms with Crippen LogP contribution in [-0.4, -0.2) is 19.4 Å². The quantitative estimate of drug-likeness (QED) is 0.769. The number of hydrogen-bond acceptors (Lipinski definition) is 4. The molecule has 6 heteroatoms. The van der Waals surface area contributed by atoms with Crippen LogP contribution in [0.5, 0.6) is 0 Å². The molecule has 0 atom stereocenters. The van der Waals surface area contributed by atoms with Crippen molar-refractivity contribution in [2.24, 2.45) is 0 Å². The van der Waals surface area contributed by atoms with Crippen LogP contribution in [0.4, 0.5) is 0 Å². The first-order chi connectivity index (χ1) is 11.1. The van der Waals surface area contributed by atoms with Gasteiger partial charge in [0.25, 0.3) is 10.0 Å². The van der Waals surface area contributed by atoms with Crippen molar-refractivity contribution in [3.63, 3.8) is 0 Å². The maximum atomic E-state index is 13.0. The van der Waals surface area contributed by atoms with Gasteiger partial charge in [-0.15, -0.1) is 0 Å². The van der Waals surface area contributed by atoms with E-state index in [1.54, 1.807) is 23.0 Å². The zero-order valence-electron chi connectivity index (χ0n) is 13.0. The molecule has 0 bridgehead atoms. The molecule has 3 aromatic rings. The zero-order valence-corrected chi connectivity index (χ0v) is 14.6. The van der Waals surface area contributed by atoms with Crippen LogP contribution in [-0.2, 0) is 16.6 Å². The van der Waals surface area contributed by atoms with Gasteiger partial charge in [0, 0.05) is 18.1 Å². The summed E-state index contributed by atoms with van der Waals surface area (Å²) in [6, 6.07) is 11.3. The van der Waals surface area contributed by atoms with Gasteiger partial charge in [-0.1, -0.05) is 30.3 Å². The van der Waals surface area contributed by atoms with Gasteiger partial charge < -0.3 is 5.32 Å². The average Bonchev–Trinajstić information content (AvgIpc) is 3.18. The van der Waals surface area contributed by atoms with Crippen molar-refractivity contribution in [2.75, 3.05) is 7.05 Å². The highest BCUT2D eigenvalue weighted by atomic mass is 32.2. The highest BCUT2D eigenvalue weighted by molar-refractivity contribution is 7.90. The second-order valence-electron chi connectivity index (χ2n) is 5.28. The van der Waals surface area contributed by atoms with E-state index >= 15 is 0 Å². The minimum absolute atomic E-state index is 0.325. The van der Waals surface area contributed by atoms with Crippen LogP contribution in [0.2, 0.25) is 0 Å². The second kappa shape index (κ2) is 6.31. The number of hydrogen-bond donors (Lipinski definition) is 1. The van der Waals surface area contributed by atoms with E-state index in [2.05, 4.69) is 5.32 Å². The summed E-state index contributed by atoms with van der Waals surface area (Å²) in [7, 11) is -1.74. The second-order valence-corrected chi connectivity index (χ2v) is 7.88. The molecular formula is C17H18N2O2S2. The van der Waals surface area contributed by atoms with Crippen molar-refractivity contribution < 1.29 is 8.42 Å². The molecule has 0 aliphatic heterocycles. The van der Waals surface area contributed by atoms with Crippen LogP contribution >= 0.6 is 11.3 Å². The summed E-state index contributed by atoms with van der Waals surface area (Å²) in [5.41, 5.74) is 3.57. The average molecular weight is 346 g/mol. The fourth-order valence-corrected chi connectivity index (χ4v) is 5.10. The molecule has 0 amide bonds. The van der Waals surface area contributed by atoms with Crippen molar-refractivity contribution in [3.05, 3.63) is 64.5 Å². The smallest absolute Gasteiger partial charge is 0.269 e. The van der Waals surface area contributed by atoms with E-state index in [9.17, 15) is 8.42 Å². The molecule has 1 N–H and O–H groups in total. The summed E-state index contributed by atoms with van der Waals surface area (Å²) >= 11 is 1.38. The van der Waals surface area contributed by atoms with Crippen molar-refractivity contribution in [2.45, 2.75) is 18.4 Å². The van der Waals surface area contributed by atoms with Gasteiger partial charge in [-0.25, -0.2) is 12.4 Å². The van der Waals surface area contributed by atoms with Crippen LogP contribution in [0.15, 0.2) is 58.3 Å². The van der Waals surface area contributed by atoms with E-state index in [0.717, 1.165) is 22.4 Å². The van der Waals surface area contributed by atoms with E-state index < -0.39 is 10.0 Å². The highest BCUT2D eigenvalue weighted by Gasteiger charge is 2.24. The van der Waals surface area contributed by atoms with Crippen LogP contribution in [0.25, 0.3) is 11.3 Å². The minimum atomic E-state index is -3.60. The molecule has 0 unspecified atom stereocenters. The number of aromatic nitrogens is 1. The van der Waals surface area contributed by atoms with E-state index in [4.69, 9.17) is 0 Å². The lowest BCUT2D eigenvalue weighted by atomic mass is 10.1. The molecular weight excluding hydrogens is 328 g/mol. The molecule has 0 saturated heterocycles. The predicted molar refractivity (Wildman–Crippen MR) is 94.3 cm³/mol. The highest BCUT2D eigenvalue weighted by Crippen LogP contribution is 2.31. The van der Waals surface area contributed by atoms with Crippen molar-refractivity contribution in [3.8, 4) is 11.3 Å². The van der Waals surface area contributed by atoms with Gasteiger partial charge in [0.05, 0.1) is 10.6 Å². The Bertz CT molecular complexity index is 896. The van der Waals surface area contributed by atoms with E-state index in [1.807, 2.05) is 44.3 Å². The van der Waals surface area contributed by atoms with Crippen LogP contribution in [0, 0.1) is 6.92 Å². The Hall–Kier alpha value is -1.89. The minimum Gasteiger partial charge on any atom is -0.316 e. The lowest BCUT2D eigenvalue weighted by molar-refractivity contribution is 0.588. The molecule has 3 rings (SSSR count). The van der Waals surface area contributed by atoms with E-state index in [-0.39, 0.29) is 0 Å². The Labute approximate surface area is 140 Å². The summed E-state index contributed by atoms with van der Waals surface area (Å²) < 4.78 is 27.4. The molecule has 2 heterocycles. The molecule has 0 aliphatic rings. The van der Waals surface area contributed by atoms with Gasteiger partial charge in [-0.2, -0.15) is 11.3 Å². The summed E-state index contributed by atoms with van der Waals surface area (Å²) in [4.78, 5) is 0.325. The Balaban J connectivity index is 2.26. The fraction of sp³-hybridized carbons (Fsp3) is 0.176. The maximum Gasteiger partial charge on any atom is 0.269 e. The van der Waals surface area contributed by atoms with Crippen LogP contribution < -0.4 is 5.32 Å².